The van der Waals surface area contributed by atoms with Gasteiger partial charge < -0.3 is 0 Å². The predicted octanol–water partition coefficient (Wildman–Crippen LogP) is 4.50. The number of fused-ring (bicyclic) bond motifs is 1. The van der Waals surface area contributed by atoms with E-state index in [1.165, 1.54) is 23.6 Å². The van der Waals surface area contributed by atoms with Crippen molar-refractivity contribution in [2.75, 3.05) is 0 Å². The molecule has 3 heterocycles. The van der Waals surface area contributed by atoms with E-state index in [9.17, 15) is 13.2 Å². The van der Waals surface area contributed by atoms with Crippen LogP contribution in [0.3, 0.4) is 0 Å². The van der Waals surface area contributed by atoms with E-state index in [4.69, 9.17) is 11.6 Å². The third-order valence-corrected chi connectivity index (χ3v) is 7.89. The van der Waals surface area contributed by atoms with Crippen molar-refractivity contribution in [1.29, 1.82) is 0 Å². The quantitative estimate of drug-likeness (QED) is 0.495. The summed E-state index contributed by atoms with van der Waals surface area (Å²) in [7, 11) is -4.07. The fourth-order valence-electron chi connectivity index (χ4n) is 2.69. The number of pyridine rings is 1. The van der Waals surface area contributed by atoms with Gasteiger partial charge >= 0.3 is 0 Å². The van der Waals surface area contributed by atoms with Gasteiger partial charge in [0, 0.05) is 23.2 Å². The average Bonchev–Trinajstić information content (AvgIpc) is 3.26. The van der Waals surface area contributed by atoms with Crippen LogP contribution in [0, 0.1) is 6.92 Å². The van der Waals surface area contributed by atoms with Gasteiger partial charge in [0.15, 0.2) is 0 Å². The van der Waals surface area contributed by atoms with Gasteiger partial charge in [0.1, 0.15) is 9.88 Å². The van der Waals surface area contributed by atoms with Crippen molar-refractivity contribution >= 4 is 61.0 Å². The number of halogens is 1. The van der Waals surface area contributed by atoms with Crippen LogP contribution in [0.4, 0.5) is 0 Å². The summed E-state index contributed by atoms with van der Waals surface area (Å²) in [5, 5.41) is 1.78. The van der Waals surface area contributed by atoms with E-state index in [0.29, 0.717) is 25.8 Å². The number of rotatable bonds is 4. The van der Waals surface area contributed by atoms with E-state index in [1.54, 1.807) is 37.4 Å². The molecule has 0 radical (unpaired) electrons. The second-order valence-corrected chi connectivity index (χ2v) is 10.2. The van der Waals surface area contributed by atoms with Crippen molar-refractivity contribution in [3.8, 4) is 9.88 Å². The Bertz CT molecular complexity index is 1310. The first-order valence-electron chi connectivity index (χ1n) is 7.98. The second-order valence-electron chi connectivity index (χ2n) is 5.82. The zero-order valence-corrected chi connectivity index (χ0v) is 17.5. The zero-order valence-electron chi connectivity index (χ0n) is 14.3. The fourth-order valence-corrected chi connectivity index (χ4v) is 6.01. The number of hydrogen-bond acceptors (Lipinski definition) is 7. The van der Waals surface area contributed by atoms with Crippen LogP contribution in [0.5, 0.6) is 0 Å². The summed E-state index contributed by atoms with van der Waals surface area (Å²) in [6.45, 7) is 1.67. The van der Waals surface area contributed by atoms with E-state index in [-0.39, 0.29) is 9.77 Å². The topological polar surface area (TPSA) is 89.0 Å². The van der Waals surface area contributed by atoms with Crippen molar-refractivity contribution < 1.29 is 13.2 Å². The summed E-state index contributed by atoms with van der Waals surface area (Å²) in [6.07, 6.45) is 3.08. The van der Waals surface area contributed by atoms with Gasteiger partial charge in [-0.25, -0.2) is 18.1 Å². The number of nitrogens with zero attached hydrogens (tertiary/aromatic N) is 2. The summed E-state index contributed by atoms with van der Waals surface area (Å²) in [6, 6.07) is 9.99. The Morgan fingerprint density at radius 2 is 1.96 bits per heavy atom. The van der Waals surface area contributed by atoms with Gasteiger partial charge in [0.2, 0.25) is 0 Å². The van der Waals surface area contributed by atoms with Crippen molar-refractivity contribution in [2.24, 2.45) is 0 Å². The summed E-state index contributed by atoms with van der Waals surface area (Å²) in [5.41, 5.74) is 0.458. The molecule has 3 aromatic heterocycles. The van der Waals surface area contributed by atoms with Crippen LogP contribution in [0.15, 0.2) is 53.7 Å². The molecule has 0 aliphatic carbocycles. The third-order valence-electron chi connectivity index (χ3n) is 3.94. The summed E-state index contributed by atoms with van der Waals surface area (Å²) < 4.78 is 28.4. The SMILES string of the molecule is Cc1nc(-c2ccc(Cl)s2)sc1C(=O)NS(=O)(=O)c1cccc2cnccc12. The van der Waals surface area contributed by atoms with Crippen LogP contribution < -0.4 is 4.72 Å². The van der Waals surface area contributed by atoms with E-state index in [1.807, 2.05) is 6.07 Å². The lowest BCUT2D eigenvalue weighted by Crippen LogP contribution is -2.30. The molecule has 6 nitrogen and oxygen atoms in total. The van der Waals surface area contributed by atoms with Gasteiger partial charge in [0.25, 0.3) is 15.9 Å². The lowest BCUT2D eigenvalue weighted by Gasteiger charge is -2.09. The first-order chi connectivity index (χ1) is 13.3. The monoisotopic (exact) mass is 449 g/mol. The first kappa shape index (κ1) is 19.0. The summed E-state index contributed by atoms with van der Waals surface area (Å²) >= 11 is 8.43. The van der Waals surface area contributed by atoms with Crippen LogP contribution in [0.25, 0.3) is 20.7 Å². The highest BCUT2D eigenvalue weighted by Gasteiger charge is 2.24. The van der Waals surface area contributed by atoms with Crippen molar-refractivity contribution in [3.05, 3.63) is 63.7 Å². The zero-order chi connectivity index (χ0) is 19.9. The molecule has 0 saturated heterocycles. The molecule has 1 N–H and O–H groups in total. The molecule has 4 rings (SSSR count). The maximum atomic E-state index is 12.8. The predicted molar refractivity (Wildman–Crippen MR) is 112 cm³/mol. The number of benzene rings is 1. The molecule has 0 fully saturated rings. The minimum atomic E-state index is -4.07. The van der Waals surface area contributed by atoms with Crippen molar-refractivity contribution in [2.45, 2.75) is 11.8 Å². The molecule has 0 unspecified atom stereocenters. The highest BCUT2D eigenvalue weighted by molar-refractivity contribution is 7.90. The Morgan fingerprint density at radius 1 is 1.14 bits per heavy atom. The van der Waals surface area contributed by atoms with Gasteiger partial charge in [-0.1, -0.05) is 23.7 Å². The standard InChI is InChI=1S/C18H12ClN3O3S3/c1-10-16(27-18(21-10)13-5-6-15(19)26-13)17(23)22-28(24,25)14-4-2-3-11-9-20-8-7-12(11)14/h2-9H,1H3,(H,22,23). The molecule has 1 aromatic carbocycles. The van der Waals surface area contributed by atoms with Gasteiger partial charge in [0.05, 0.1) is 19.8 Å². The molecule has 0 aliphatic rings. The maximum Gasteiger partial charge on any atom is 0.277 e. The molecule has 142 valence electrons. The third kappa shape index (κ3) is 3.53. The van der Waals surface area contributed by atoms with E-state index in [0.717, 1.165) is 16.2 Å². The normalized spacial score (nSPS) is 11.6. The highest BCUT2D eigenvalue weighted by Crippen LogP contribution is 2.35. The van der Waals surface area contributed by atoms with E-state index < -0.39 is 15.9 Å². The van der Waals surface area contributed by atoms with E-state index >= 15 is 0 Å². The van der Waals surface area contributed by atoms with Crippen LogP contribution >= 0.6 is 34.3 Å². The number of aromatic nitrogens is 2. The molecule has 0 atom stereocenters. The molecule has 1 amide bonds. The summed E-state index contributed by atoms with van der Waals surface area (Å²) in [4.78, 5) is 22.1. The molecule has 0 spiro atoms. The van der Waals surface area contributed by atoms with Gasteiger partial charge in [-0.2, -0.15) is 0 Å². The van der Waals surface area contributed by atoms with Crippen molar-refractivity contribution in [1.82, 2.24) is 14.7 Å². The number of sulfonamides is 1. The smallest absolute Gasteiger partial charge is 0.267 e. The van der Waals surface area contributed by atoms with Gasteiger partial charge in [-0.05, 0) is 31.2 Å². The number of carbonyl (C=O) groups excluding carboxylic acids is 1. The van der Waals surface area contributed by atoms with Crippen LogP contribution in [-0.4, -0.2) is 24.3 Å². The van der Waals surface area contributed by atoms with Crippen molar-refractivity contribution in [3.63, 3.8) is 0 Å². The fraction of sp³-hybridized carbons (Fsp3) is 0.0556. The molecule has 0 aliphatic heterocycles. The Kier molecular flexibility index (Phi) is 4.92. The Balaban J connectivity index is 1.67. The molecule has 0 saturated carbocycles. The van der Waals surface area contributed by atoms with Crippen LogP contribution in [-0.2, 0) is 10.0 Å². The number of thiazole rings is 1. The molecular formula is C18H12ClN3O3S3. The van der Waals surface area contributed by atoms with Crippen LogP contribution in [0.1, 0.15) is 15.4 Å². The molecule has 0 bridgehead atoms. The second kappa shape index (κ2) is 7.25. The number of nitrogens with one attached hydrogen (secondary N) is 1. The number of carbonyl (C=O) groups is 1. The number of thiophene rings is 1. The molecule has 4 aromatic rings. The average molecular weight is 450 g/mol. The Hall–Kier alpha value is -2.33. The highest BCUT2D eigenvalue weighted by atomic mass is 35.5. The number of amides is 1. The van der Waals surface area contributed by atoms with Crippen LogP contribution in [0.2, 0.25) is 4.34 Å². The number of hydrogen-bond donors (Lipinski definition) is 1. The minimum Gasteiger partial charge on any atom is -0.267 e. The molecular weight excluding hydrogens is 438 g/mol. The molecule has 28 heavy (non-hydrogen) atoms. The lowest BCUT2D eigenvalue weighted by molar-refractivity contribution is 0.0984. The molecule has 10 heteroatoms. The number of aryl methyl sites for hydroxylation is 1. The largest absolute Gasteiger partial charge is 0.277 e. The first-order valence-corrected chi connectivity index (χ1v) is 11.5. The van der Waals surface area contributed by atoms with Gasteiger partial charge in [-0.15, -0.1) is 22.7 Å². The Morgan fingerprint density at radius 3 is 2.71 bits per heavy atom. The summed E-state index contributed by atoms with van der Waals surface area (Å²) in [5.74, 6) is -0.713. The lowest BCUT2D eigenvalue weighted by atomic mass is 10.2. The van der Waals surface area contributed by atoms with E-state index in [2.05, 4.69) is 14.7 Å². The maximum absolute atomic E-state index is 12.8. The minimum absolute atomic E-state index is 0.0215. The Labute approximate surface area is 173 Å². The van der Waals surface area contributed by atoms with Gasteiger partial charge in [-0.3, -0.25) is 9.78 Å².